The lowest BCUT2D eigenvalue weighted by molar-refractivity contribution is -0.128. The molecule has 3 heterocycles. The molecule has 0 saturated carbocycles. The van der Waals surface area contributed by atoms with E-state index in [0.717, 1.165) is 37.5 Å². The predicted octanol–water partition coefficient (Wildman–Crippen LogP) is 0.968. The van der Waals surface area contributed by atoms with E-state index >= 15 is 0 Å². The summed E-state index contributed by atoms with van der Waals surface area (Å²) in [4.78, 5) is 35.6. The number of aromatic amines is 1. The van der Waals surface area contributed by atoms with E-state index < -0.39 is 0 Å². The highest BCUT2D eigenvalue weighted by Crippen LogP contribution is 2.27. The van der Waals surface area contributed by atoms with Gasteiger partial charge in [-0.3, -0.25) is 14.6 Å². The Bertz CT molecular complexity index is 637. The Morgan fingerprint density at radius 3 is 2.79 bits per heavy atom. The molecule has 2 fully saturated rings. The average Bonchev–Trinajstić information content (AvgIpc) is 2.94. The van der Waals surface area contributed by atoms with Crippen molar-refractivity contribution < 1.29 is 9.53 Å². The number of carbonyl (C=O) groups is 1. The first-order valence-electron chi connectivity index (χ1n) is 8.69. The maximum Gasteiger partial charge on any atom is 0.252 e. The van der Waals surface area contributed by atoms with Crippen LogP contribution in [0.15, 0.2) is 10.9 Å². The lowest BCUT2D eigenvalue weighted by Gasteiger charge is -2.30. The normalized spacial score (nSPS) is 22.4. The molecule has 0 bridgehead atoms. The minimum absolute atomic E-state index is 0.0147. The second kappa shape index (κ2) is 7.34. The van der Waals surface area contributed by atoms with Crippen LogP contribution >= 0.6 is 0 Å². The zero-order valence-electron chi connectivity index (χ0n) is 14.5. The summed E-state index contributed by atoms with van der Waals surface area (Å²) in [6.45, 7) is 5.80. The molecular weight excluding hydrogens is 308 g/mol. The highest BCUT2D eigenvalue weighted by Gasteiger charge is 2.32. The number of nitrogens with zero attached hydrogens (tertiary/aromatic N) is 3. The number of H-pyrrole nitrogens is 1. The van der Waals surface area contributed by atoms with Crippen molar-refractivity contribution in [2.24, 2.45) is 5.92 Å². The van der Waals surface area contributed by atoms with Crippen LogP contribution < -0.4 is 10.5 Å². The fourth-order valence-electron chi connectivity index (χ4n) is 3.43. The third-order valence-electron chi connectivity index (χ3n) is 5.03. The van der Waals surface area contributed by atoms with Gasteiger partial charge in [0, 0.05) is 51.7 Å². The lowest BCUT2D eigenvalue weighted by Crippen LogP contribution is -2.35. The second-order valence-electron chi connectivity index (χ2n) is 6.90. The Kier molecular flexibility index (Phi) is 5.18. The standard InChI is InChI=1S/C17H26N4O3/c1-12-3-5-20(6-4-12)17-18-14(10-15(22)19-17)13-9-16(23)21(11-13)7-8-24-2/h10,12-13H,3-9,11H2,1-2H3,(H,18,19,22). The number of aromatic nitrogens is 2. The van der Waals surface area contributed by atoms with Crippen molar-refractivity contribution in [3.05, 3.63) is 22.1 Å². The zero-order valence-corrected chi connectivity index (χ0v) is 14.5. The summed E-state index contributed by atoms with van der Waals surface area (Å²) in [5.41, 5.74) is 0.581. The Balaban J connectivity index is 1.74. The van der Waals surface area contributed by atoms with Gasteiger partial charge in [0.05, 0.1) is 12.3 Å². The fraction of sp³-hybridized carbons (Fsp3) is 0.706. The van der Waals surface area contributed by atoms with Crippen LogP contribution in [0, 0.1) is 5.92 Å². The molecule has 2 aliphatic rings. The van der Waals surface area contributed by atoms with Crippen LogP contribution in [0.4, 0.5) is 5.95 Å². The predicted molar refractivity (Wildman–Crippen MR) is 91.3 cm³/mol. The van der Waals surface area contributed by atoms with Crippen LogP contribution in [-0.4, -0.2) is 60.7 Å². The van der Waals surface area contributed by atoms with Gasteiger partial charge < -0.3 is 14.5 Å². The third kappa shape index (κ3) is 3.77. The first kappa shape index (κ1) is 17.0. The van der Waals surface area contributed by atoms with E-state index in [1.54, 1.807) is 12.0 Å². The maximum atomic E-state index is 12.1. The fourth-order valence-corrected chi connectivity index (χ4v) is 3.43. The molecule has 0 radical (unpaired) electrons. The largest absolute Gasteiger partial charge is 0.383 e. The molecule has 1 aromatic rings. The van der Waals surface area contributed by atoms with Gasteiger partial charge in [0.15, 0.2) is 0 Å². The van der Waals surface area contributed by atoms with Gasteiger partial charge in [0.2, 0.25) is 11.9 Å². The summed E-state index contributed by atoms with van der Waals surface area (Å²) in [6, 6.07) is 1.54. The maximum absolute atomic E-state index is 12.1. The van der Waals surface area contributed by atoms with Gasteiger partial charge in [-0.1, -0.05) is 6.92 Å². The molecule has 2 saturated heterocycles. The van der Waals surface area contributed by atoms with Gasteiger partial charge >= 0.3 is 0 Å². The molecule has 0 spiro atoms. The quantitative estimate of drug-likeness (QED) is 0.868. The van der Waals surface area contributed by atoms with Gasteiger partial charge in [-0.25, -0.2) is 4.98 Å². The van der Waals surface area contributed by atoms with Gasteiger partial charge in [-0.2, -0.15) is 0 Å². The van der Waals surface area contributed by atoms with Gasteiger partial charge in [-0.15, -0.1) is 0 Å². The number of hydrogen-bond acceptors (Lipinski definition) is 5. The van der Waals surface area contributed by atoms with Crippen LogP contribution in [-0.2, 0) is 9.53 Å². The van der Waals surface area contributed by atoms with Crippen molar-refractivity contribution in [2.45, 2.75) is 32.1 Å². The van der Waals surface area contributed by atoms with Crippen molar-refractivity contribution in [3.8, 4) is 0 Å². The number of anilines is 1. The summed E-state index contributed by atoms with van der Waals surface area (Å²) < 4.78 is 5.05. The molecule has 3 rings (SSSR count). The van der Waals surface area contributed by atoms with E-state index in [1.807, 2.05) is 0 Å². The van der Waals surface area contributed by atoms with Crippen molar-refractivity contribution in [1.29, 1.82) is 0 Å². The summed E-state index contributed by atoms with van der Waals surface area (Å²) in [7, 11) is 1.63. The van der Waals surface area contributed by atoms with Crippen LogP contribution in [0.3, 0.4) is 0 Å². The molecule has 1 amide bonds. The molecule has 2 aliphatic heterocycles. The summed E-state index contributed by atoms with van der Waals surface area (Å²) >= 11 is 0. The molecule has 7 heteroatoms. The Hall–Kier alpha value is -1.89. The first-order chi connectivity index (χ1) is 11.6. The van der Waals surface area contributed by atoms with Crippen LogP contribution in [0.5, 0.6) is 0 Å². The number of piperidine rings is 1. The molecule has 7 nitrogen and oxygen atoms in total. The molecule has 0 aromatic carbocycles. The van der Waals surface area contributed by atoms with E-state index in [-0.39, 0.29) is 17.4 Å². The molecular formula is C17H26N4O3. The number of ether oxygens (including phenoxy) is 1. The topological polar surface area (TPSA) is 78.5 Å². The number of amides is 1. The molecule has 1 aromatic heterocycles. The highest BCUT2D eigenvalue weighted by molar-refractivity contribution is 5.79. The van der Waals surface area contributed by atoms with Gasteiger partial charge in [0.1, 0.15) is 0 Å². The Morgan fingerprint density at radius 2 is 2.08 bits per heavy atom. The number of rotatable bonds is 5. The number of carbonyl (C=O) groups excluding carboxylic acids is 1. The Labute approximate surface area is 142 Å². The minimum Gasteiger partial charge on any atom is -0.383 e. The van der Waals surface area contributed by atoms with Gasteiger partial charge in [0.25, 0.3) is 5.56 Å². The van der Waals surface area contributed by atoms with Crippen molar-refractivity contribution in [1.82, 2.24) is 14.9 Å². The minimum atomic E-state index is -0.142. The molecule has 0 aliphatic carbocycles. The van der Waals surface area contributed by atoms with E-state index in [0.29, 0.717) is 32.1 Å². The van der Waals surface area contributed by atoms with E-state index in [1.165, 1.54) is 6.07 Å². The van der Waals surface area contributed by atoms with E-state index in [2.05, 4.69) is 21.8 Å². The number of methoxy groups -OCH3 is 1. The molecule has 132 valence electrons. The Morgan fingerprint density at radius 1 is 1.33 bits per heavy atom. The third-order valence-corrected chi connectivity index (χ3v) is 5.03. The SMILES string of the molecule is COCCN1CC(c2cc(=O)[nH]c(N3CCC(C)CC3)n2)CC1=O. The zero-order chi connectivity index (χ0) is 17.1. The van der Waals surface area contributed by atoms with Crippen molar-refractivity contribution in [2.75, 3.05) is 44.8 Å². The van der Waals surface area contributed by atoms with E-state index in [9.17, 15) is 9.59 Å². The molecule has 1 atom stereocenters. The summed E-state index contributed by atoms with van der Waals surface area (Å²) in [5.74, 6) is 1.46. The lowest BCUT2D eigenvalue weighted by atomic mass is 9.99. The molecule has 24 heavy (non-hydrogen) atoms. The van der Waals surface area contributed by atoms with Crippen molar-refractivity contribution in [3.63, 3.8) is 0 Å². The first-order valence-corrected chi connectivity index (χ1v) is 8.69. The highest BCUT2D eigenvalue weighted by atomic mass is 16.5. The molecule has 1 unspecified atom stereocenters. The number of nitrogens with one attached hydrogen (secondary N) is 1. The van der Waals surface area contributed by atoms with Crippen molar-refractivity contribution >= 4 is 11.9 Å². The second-order valence-corrected chi connectivity index (χ2v) is 6.90. The number of likely N-dealkylation sites (tertiary alicyclic amines) is 1. The van der Waals surface area contributed by atoms with Crippen LogP contribution in [0.1, 0.15) is 37.8 Å². The monoisotopic (exact) mass is 334 g/mol. The van der Waals surface area contributed by atoms with Gasteiger partial charge in [-0.05, 0) is 18.8 Å². The summed E-state index contributed by atoms with van der Waals surface area (Å²) in [5, 5.41) is 0. The van der Waals surface area contributed by atoms with Crippen LogP contribution in [0.25, 0.3) is 0 Å². The molecule has 1 N–H and O–H groups in total. The van der Waals surface area contributed by atoms with E-state index in [4.69, 9.17) is 4.74 Å². The summed E-state index contributed by atoms with van der Waals surface area (Å²) in [6.07, 6.45) is 2.64. The number of hydrogen-bond donors (Lipinski definition) is 1. The van der Waals surface area contributed by atoms with Crippen LogP contribution in [0.2, 0.25) is 0 Å². The average molecular weight is 334 g/mol. The smallest absolute Gasteiger partial charge is 0.252 e.